The molecule has 0 spiro atoms. The zero-order chi connectivity index (χ0) is 18.6. The second-order valence-electron chi connectivity index (χ2n) is 6.29. The predicted molar refractivity (Wildman–Crippen MR) is 104 cm³/mol. The molecule has 0 radical (unpaired) electrons. The van der Waals surface area contributed by atoms with Crippen molar-refractivity contribution in [2.45, 2.75) is 13.3 Å². The van der Waals surface area contributed by atoms with Crippen molar-refractivity contribution in [3.63, 3.8) is 0 Å². The van der Waals surface area contributed by atoms with E-state index < -0.39 is 0 Å². The Morgan fingerprint density at radius 3 is 2.37 bits per heavy atom. The molecule has 0 fully saturated rings. The Balaban J connectivity index is 1.39. The number of hydrogen-bond donors (Lipinski definition) is 1. The molecule has 1 amide bonds. The van der Waals surface area contributed by atoms with Crippen molar-refractivity contribution >= 4 is 22.6 Å². The van der Waals surface area contributed by atoms with Gasteiger partial charge in [-0.3, -0.25) is 4.79 Å². The number of fused-ring (bicyclic) bond motifs is 1. The van der Waals surface area contributed by atoms with Crippen LogP contribution >= 0.6 is 0 Å². The Labute approximate surface area is 156 Å². The quantitative estimate of drug-likeness (QED) is 0.538. The molecule has 4 aromatic rings. The van der Waals surface area contributed by atoms with Crippen molar-refractivity contribution in [1.82, 2.24) is 5.16 Å². The first-order valence-electron chi connectivity index (χ1n) is 8.65. The average molecular weight is 358 g/mol. The maximum atomic E-state index is 12.3. The first-order valence-corrected chi connectivity index (χ1v) is 8.65. The maximum absolute atomic E-state index is 12.3. The molecular weight excluding hydrogens is 340 g/mol. The van der Waals surface area contributed by atoms with Crippen LogP contribution in [0.5, 0.6) is 11.5 Å². The number of amides is 1. The summed E-state index contributed by atoms with van der Waals surface area (Å²) in [5, 5.41) is 7.71. The summed E-state index contributed by atoms with van der Waals surface area (Å²) in [6.45, 7) is 2.03. The number of anilines is 1. The van der Waals surface area contributed by atoms with Gasteiger partial charge >= 0.3 is 0 Å². The van der Waals surface area contributed by atoms with E-state index in [4.69, 9.17) is 9.26 Å². The Bertz CT molecular complexity index is 1070. The van der Waals surface area contributed by atoms with Gasteiger partial charge in [0, 0.05) is 11.1 Å². The van der Waals surface area contributed by atoms with Crippen LogP contribution < -0.4 is 10.1 Å². The molecule has 134 valence electrons. The third kappa shape index (κ3) is 3.98. The van der Waals surface area contributed by atoms with Crippen molar-refractivity contribution in [1.29, 1.82) is 0 Å². The molecule has 1 aromatic heterocycles. The van der Waals surface area contributed by atoms with Gasteiger partial charge in [-0.25, -0.2) is 0 Å². The average Bonchev–Trinajstić information content (AvgIpc) is 3.08. The van der Waals surface area contributed by atoms with E-state index in [1.165, 1.54) is 5.56 Å². The van der Waals surface area contributed by atoms with Crippen molar-refractivity contribution in [3.05, 3.63) is 84.1 Å². The number of hydrogen-bond acceptors (Lipinski definition) is 4. The third-order valence-corrected chi connectivity index (χ3v) is 4.17. The van der Waals surface area contributed by atoms with Crippen LogP contribution in [0.4, 0.5) is 5.69 Å². The van der Waals surface area contributed by atoms with E-state index in [0.717, 1.165) is 11.1 Å². The third-order valence-electron chi connectivity index (χ3n) is 4.17. The number of benzene rings is 3. The van der Waals surface area contributed by atoms with E-state index in [-0.39, 0.29) is 12.3 Å². The number of carbonyl (C=O) groups is 1. The summed E-state index contributed by atoms with van der Waals surface area (Å²) in [4.78, 5) is 12.3. The van der Waals surface area contributed by atoms with Gasteiger partial charge in [-0.15, -0.1) is 0 Å². The van der Waals surface area contributed by atoms with Crippen LogP contribution in [0.1, 0.15) is 11.3 Å². The summed E-state index contributed by atoms with van der Waals surface area (Å²) in [6.07, 6.45) is 0.151. The zero-order valence-electron chi connectivity index (χ0n) is 14.8. The van der Waals surface area contributed by atoms with E-state index in [1.807, 2.05) is 79.7 Å². The Morgan fingerprint density at radius 2 is 1.63 bits per heavy atom. The van der Waals surface area contributed by atoms with Gasteiger partial charge in [0.2, 0.25) is 5.91 Å². The molecule has 1 N–H and O–H groups in total. The molecule has 0 saturated heterocycles. The fourth-order valence-corrected chi connectivity index (χ4v) is 2.77. The zero-order valence-corrected chi connectivity index (χ0v) is 14.8. The number of ether oxygens (including phenoxy) is 1. The second kappa shape index (κ2) is 7.33. The first kappa shape index (κ1) is 16.8. The Hall–Kier alpha value is -3.60. The molecule has 5 heteroatoms. The van der Waals surface area contributed by atoms with E-state index >= 15 is 0 Å². The first-order chi connectivity index (χ1) is 13.2. The fraction of sp³-hybridized carbons (Fsp3) is 0.0909. The van der Waals surface area contributed by atoms with Crippen LogP contribution in [-0.2, 0) is 11.2 Å². The summed E-state index contributed by atoms with van der Waals surface area (Å²) < 4.78 is 11.0. The molecule has 0 unspecified atom stereocenters. The standard InChI is InChI=1S/C22H18N2O3/c1-15-6-10-17(11-7-15)26-18-12-8-16(9-13-18)23-22(25)14-20-19-4-2-3-5-21(19)27-24-20/h2-13H,14H2,1H3,(H,23,25). The molecule has 0 aliphatic rings. The largest absolute Gasteiger partial charge is 0.457 e. The number of aryl methyl sites for hydroxylation is 1. The molecule has 0 atom stereocenters. The van der Waals surface area contributed by atoms with Gasteiger partial charge in [0.05, 0.1) is 6.42 Å². The van der Waals surface area contributed by atoms with Gasteiger partial charge in [0.1, 0.15) is 17.2 Å². The van der Waals surface area contributed by atoms with Crippen LogP contribution in [0, 0.1) is 6.92 Å². The van der Waals surface area contributed by atoms with E-state index in [2.05, 4.69) is 10.5 Å². The number of carbonyl (C=O) groups excluding carboxylic acids is 1. The number of nitrogens with one attached hydrogen (secondary N) is 1. The molecule has 0 bridgehead atoms. The molecule has 0 aliphatic carbocycles. The number of nitrogens with zero attached hydrogens (tertiary/aromatic N) is 1. The predicted octanol–water partition coefficient (Wildman–Crippen LogP) is 5.11. The highest BCUT2D eigenvalue weighted by Crippen LogP contribution is 2.24. The van der Waals surface area contributed by atoms with Gasteiger partial charge in [0.15, 0.2) is 5.58 Å². The van der Waals surface area contributed by atoms with Crippen LogP contribution in [0.15, 0.2) is 77.3 Å². The maximum Gasteiger partial charge on any atom is 0.230 e. The molecule has 27 heavy (non-hydrogen) atoms. The Kier molecular flexibility index (Phi) is 4.58. The van der Waals surface area contributed by atoms with Crippen LogP contribution in [0.25, 0.3) is 11.0 Å². The topological polar surface area (TPSA) is 64.4 Å². The summed E-state index contributed by atoms with van der Waals surface area (Å²) >= 11 is 0. The van der Waals surface area contributed by atoms with Crippen molar-refractivity contribution in [2.24, 2.45) is 0 Å². The molecular formula is C22H18N2O3. The molecule has 1 heterocycles. The summed E-state index contributed by atoms with van der Waals surface area (Å²) in [7, 11) is 0. The minimum Gasteiger partial charge on any atom is -0.457 e. The van der Waals surface area contributed by atoms with E-state index in [1.54, 1.807) is 0 Å². The second-order valence-corrected chi connectivity index (χ2v) is 6.29. The molecule has 0 saturated carbocycles. The summed E-state index contributed by atoms with van der Waals surface area (Å²) in [6, 6.07) is 22.6. The smallest absolute Gasteiger partial charge is 0.230 e. The highest BCUT2D eigenvalue weighted by Gasteiger charge is 2.12. The van der Waals surface area contributed by atoms with Crippen LogP contribution in [0.2, 0.25) is 0 Å². The van der Waals surface area contributed by atoms with Gasteiger partial charge in [-0.2, -0.15) is 0 Å². The lowest BCUT2D eigenvalue weighted by atomic mass is 10.1. The minimum absolute atomic E-state index is 0.151. The lowest BCUT2D eigenvalue weighted by Gasteiger charge is -2.08. The summed E-state index contributed by atoms with van der Waals surface area (Å²) in [5.41, 5.74) is 3.18. The SMILES string of the molecule is Cc1ccc(Oc2ccc(NC(=O)Cc3noc4ccccc34)cc2)cc1. The van der Waals surface area contributed by atoms with Crippen LogP contribution in [0.3, 0.4) is 0 Å². The van der Waals surface area contributed by atoms with E-state index in [9.17, 15) is 4.79 Å². The number of aromatic nitrogens is 1. The van der Waals surface area contributed by atoms with E-state index in [0.29, 0.717) is 22.7 Å². The highest BCUT2D eigenvalue weighted by atomic mass is 16.5. The van der Waals surface area contributed by atoms with Crippen molar-refractivity contribution in [2.75, 3.05) is 5.32 Å². The van der Waals surface area contributed by atoms with Crippen LogP contribution in [-0.4, -0.2) is 11.1 Å². The molecule has 0 aliphatic heterocycles. The number of rotatable bonds is 5. The molecule has 4 rings (SSSR count). The molecule has 3 aromatic carbocycles. The fourth-order valence-electron chi connectivity index (χ4n) is 2.77. The number of para-hydroxylation sites is 1. The summed E-state index contributed by atoms with van der Waals surface area (Å²) in [5.74, 6) is 1.33. The monoisotopic (exact) mass is 358 g/mol. The van der Waals surface area contributed by atoms with Gasteiger partial charge in [0.25, 0.3) is 0 Å². The van der Waals surface area contributed by atoms with Crippen molar-refractivity contribution < 1.29 is 14.1 Å². The van der Waals surface area contributed by atoms with Crippen molar-refractivity contribution in [3.8, 4) is 11.5 Å². The lowest BCUT2D eigenvalue weighted by Crippen LogP contribution is -2.14. The highest BCUT2D eigenvalue weighted by molar-refractivity contribution is 5.94. The lowest BCUT2D eigenvalue weighted by molar-refractivity contribution is -0.115. The molecule has 5 nitrogen and oxygen atoms in total. The Morgan fingerprint density at radius 1 is 0.963 bits per heavy atom. The van der Waals surface area contributed by atoms with Gasteiger partial charge in [-0.05, 0) is 55.5 Å². The minimum atomic E-state index is -0.152. The van der Waals surface area contributed by atoms with Gasteiger partial charge < -0.3 is 14.6 Å². The van der Waals surface area contributed by atoms with Gasteiger partial charge in [-0.1, -0.05) is 35.0 Å². The normalized spacial score (nSPS) is 10.7.